The lowest BCUT2D eigenvalue weighted by atomic mass is 10.1. The third-order valence-corrected chi connectivity index (χ3v) is 3.79. The van der Waals surface area contributed by atoms with Crippen LogP contribution in [-0.2, 0) is 0 Å². The minimum Gasteiger partial charge on any atom is -0.508 e. The standard InChI is InChI=1S/C15H10BrNO4.C2H6/c16-12-7-17(8-1-3-9(18)4-2-8)15(21)14-11(12)5-10(19)6-13(14)20;1-2/h1-7,18-20H;1-2H3. The first kappa shape index (κ1) is 16.9. The molecule has 3 aromatic rings. The first-order valence-corrected chi connectivity index (χ1v) is 7.83. The number of aromatic hydroxyl groups is 3. The minimum atomic E-state index is -0.420. The number of hydrogen-bond acceptors (Lipinski definition) is 4. The lowest BCUT2D eigenvalue weighted by Crippen LogP contribution is -2.18. The highest BCUT2D eigenvalue weighted by Gasteiger charge is 2.13. The third kappa shape index (κ3) is 3.17. The van der Waals surface area contributed by atoms with Crippen molar-refractivity contribution in [3.8, 4) is 22.9 Å². The maximum Gasteiger partial charge on any atom is 0.266 e. The van der Waals surface area contributed by atoms with Crippen molar-refractivity contribution in [3.63, 3.8) is 0 Å². The highest BCUT2D eigenvalue weighted by Crippen LogP contribution is 2.32. The van der Waals surface area contributed by atoms with E-state index in [9.17, 15) is 20.1 Å². The fourth-order valence-electron chi connectivity index (χ4n) is 2.19. The summed E-state index contributed by atoms with van der Waals surface area (Å²) in [5.74, 6) is -0.314. The van der Waals surface area contributed by atoms with Gasteiger partial charge in [-0.2, -0.15) is 0 Å². The average molecular weight is 378 g/mol. The van der Waals surface area contributed by atoms with Gasteiger partial charge < -0.3 is 15.3 Å². The molecule has 0 atom stereocenters. The summed E-state index contributed by atoms with van der Waals surface area (Å²) in [6, 6.07) is 8.64. The Kier molecular flexibility index (Phi) is 4.95. The smallest absolute Gasteiger partial charge is 0.266 e. The molecule has 0 unspecified atom stereocenters. The fourth-order valence-corrected chi connectivity index (χ4v) is 2.71. The Hall–Kier alpha value is -2.47. The summed E-state index contributed by atoms with van der Waals surface area (Å²) in [5, 5.41) is 29.3. The summed E-state index contributed by atoms with van der Waals surface area (Å²) in [5.41, 5.74) is 0.129. The minimum absolute atomic E-state index is 0.0967. The number of benzene rings is 2. The Labute approximate surface area is 141 Å². The second kappa shape index (κ2) is 6.75. The van der Waals surface area contributed by atoms with Crippen LogP contribution in [0.25, 0.3) is 16.5 Å². The molecule has 23 heavy (non-hydrogen) atoms. The van der Waals surface area contributed by atoms with Crippen molar-refractivity contribution in [1.29, 1.82) is 0 Å². The van der Waals surface area contributed by atoms with Gasteiger partial charge in [0.1, 0.15) is 17.2 Å². The summed E-state index contributed by atoms with van der Waals surface area (Å²) < 4.78 is 1.90. The molecule has 1 aromatic heterocycles. The third-order valence-electron chi connectivity index (χ3n) is 3.16. The summed E-state index contributed by atoms with van der Waals surface area (Å²) in [7, 11) is 0. The van der Waals surface area contributed by atoms with Crippen LogP contribution in [-0.4, -0.2) is 19.9 Å². The van der Waals surface area contributed by atoms with Gasteiger partial charge in [-0.25, -0.2) is 0 Å². The van der Waals surface area contributed by atoms with Crippen molar-refractivity contribution in [2.45, 2.75) is 13.8 Å². The number of halogens is 1. The van der Waals surface area contributed by atoms with Crippen molar-refractivity contribution in [1.82, 2.24) is 4.57 Å². The van der Waals surface area contributed by atoms with Gasteiger partial charge in [0.15, 0.2) is 0 Å². The molecular formula is C17H16BrNO4. The molecule has 3 N–H and O–H groups in total. The van der Waals surface area contributed by atoms with E-state index in [1.165, 1.54) is 22.8 Å². The molecule has 0 aliphatic carbocycles. The van der Waals surface area contributed by atoms with Gasteiger partial charge >= 0.3 is 0 Å². The number of pyridine rings is 1. The van der Waals surface area contributed by atoms with Crippen LogP contribution < -0.4 is 5.56 Å². The Morgan fingerprint density at radius 1 is 0.957 bits per heavy atom. The van der Waals surface area contributed by atoms with Gasteiger partial charge in [-0.15, -0.1) is 0 Å². The number of aromatic nitrogens is 1. The molecule has 6 heteroatoms. The van der Waals surface area contributed by atoms with Gasteiger partial charge in [0, 0.05) is 27.8 Å². The summed E-state index contributed by atoms with van der Waals surface area (Å²) in [4.78, 5) is 12.5. The maximum atomic E-state index is 12.5. The molecule has 0 saturated carbocycles. The topological polar surface area (TPSA) is 82.7 Å². The van der Waals surface area contributed by atoms with Crippen LogP contribution >= 0.6 is 15.9 Å². The molecular weight excluding hydrogens is 362 g/mol. The lowest BCUT2D eigenvalue weighted by molar-refractivity contribution is 0.454. The van der Waals surface area contributed by atoms with Crippen LogP contribution in [0.2, 0.25) is 0 Å². The van der Waals surface area contributed by atoms with Gasteiger partial charge in [0.25, 0.3) is 5.56 Å². The van der Waals surface area contributed by atoms with Crippen LogP contribution in [0.3, 0.4) is 0 Å². The number of fused-ring (bicyclic) bond motifs is 1. The highest BCUT2D eigenvalue weighted by atomic mass is 79.9. The van der Waals surface area contributed by atoms with E-state index in [2.05, 4.69) is 15.9 Å². The molecule has 0 bridgehead atoms. The number of phenolic OH excluding ortho intramolecular Hbond substituents is 3. The molecule has 3 rings (SSSR count). The quantitative estimate of drug-likeness (QED) is 0.600. The van der Waals surface area contributed by atoms with Gasteiger partial charge in [-0.3, -0.25) is 9.36 Å². The monoisotopic (exact) mass is 377 g/mol. The molecule has 1 heterocycles. The number of hydrogen-bond donors (Lipinski definition) is 3. The van der Waals surface area contributed by atoms with Crippen molar-refractivity contribution in [2.24, 2.45) is 0 Å². The first-order valence-electron chi connectivity index (χ1n) is 7.03. The summed E-state index contributed by atoms with van der Waals surface area (Å²) in [6.45, 7) is 4.00. The summed E-state index contributed by atoms with van der Waals surface area (Å²) in [6.07, 6.45) is 1.55. The molecule has 0 spiro atoms. The number of phenols is 3. The predicted octanol–water partition coefficient (Wildman–Crippen LogP) is 3.90. The van der Waals surface area contributed by atoms with Gasteiger partial charge in [0.2, 0.25) is 0 Å². The van der Waals surface area contributed by atoms with Gasteiger partial charge in [-0.05, 0) is 46.3 Å². The van der Waals surface area contributed by atoms with Gasteiger partial charge in [-0.1, -0.05) is 13.8 Å². The molecule has 2 aromatic carbocycles. The second-order valence-electron chi connectivity index (χ2n) is 4.56. The van der Waals surface area contributed by atoms with Gasteiger partial charge in [0.05, 0.1) is 5.39 Å². The van der Waals surface area contributed by atoms with E-state index in [1.807, 2.05) is 13.8 Å². The molecule has 0 aliphatic heterocycles. The lowest BCUT2D eigenvalue weighted by Gasteiger charge is -2.10. The van der Waals surface area contributed by atoms with E-state index in [-0.39, 0.29) is 22.6 Å². The van der Waals surface area contributed by atoms with E-state index < -0.39 is 5.56 Å². The first-order chi connectivity index (χ1) is 11.0. The van der Waals surface area contributed by atoms with E-state index in [4.69, 9.17) is 0 Å². The zero-order chi connectivity index (χ0) is 17.1. The Morgan fingerprint density at radius 2 is 1.57 bits per heavy atom. The van der Waals surface area contributed by atoms with Crippen molar-refractivity contribution in [2.75, 3.05) is 0 Å². The molecule has 0 saturated heterocycles. The number of rotatable bonds is 1. The molecule has 0 amide bonds. The van der Waals surface area contributed by atoms with Crippen LogP contribution in [0, 0.1) is 0 Å². The number of nitrogens with zero attached hydrogens (tertiary/aromatic N) is 1. The van der Waals surface area contributed by atoms with Crippen molar-refractivity contribution >= 4 is 26.7 Å². The zero-order valence-corrected chi connectivity index (χ0v) is 14.2. The molecule has 120 valence electrons. The zero-order valence-electron chi connectivity index (χ0n) is 12.6. The molecule has 0 fully saturated rings. The second-order valence-corrected chi connectivity index (χ2v) is 5.41. The summed E-state index contributed by atoms with van der Waals surface area (Å²) >= 11 is 3.33. The Bertz CT molecular complexity index is 901. The Morgan fingerprint density at radius 3 is 2.17 bits per heavy atom. The fraction of sp³-hybridized carbons (Fsp3) is 0.118. The molecule has 0 radical (unpaired) electrons. The largest absolute Gasteiger partial charge is 0.508 e. The highest BCUT2D eigenvalue weighted by molar-refractivity contribution is 9.10. The average Bonchev–Trinajstić information content (AvgIpc) is 2.53. The van der Waals surface area contributed by atoms with Crippen LogP contribution in [0.5, 0.6) is 17.2 Å². The Balaban J connectivity index is 0.000000924. The van der Waals surface area contributed by atoms with E-state index in [0.29, 0.717) is 15.5 Å². The van der Waals surface area contributed by atoms with E-state index in [1.54, 1.807) is 18.3 Å². The van der Waals surface area contributed by atoms with Crippen LogP contribution in [0.15, 0.2) is 51.9 Å². The molecule has 5 nitrogen and oxygen atoms in total. The molecule has 0 aliphatic rings. The van der Waals surface area contributed by atoms with Crippen LogP contribution in [0.1, 0.15) is 13.8 Å². The van der Waals surface area contributed by atoms with Crippen molar-refractivity contribution < 1.29 is 15.3 Å². The van der Waals surface area contributed by atoms with E-state index >= 15 is 0 Å². The normalized spacial score (nSPS) is 10.2. The predicted molar refractivity (Wildman–Crippen MR) is 93.6 cm³/mol. The van der Waals surface area contributed by atoms with E-state index in [0.717, 1.165) is 6.07 Å². The SMILES string of the molecule is CC.O=c1c2c(O)cc(O)cc2c(Br)cn1-c1ccc(O)cc1. The van der Waals surface area contributed by atoms with Crippen LogP contribution in [0.4, 0.5) is 0 Å². The maximum absolute atomic E-state index is 12.5. The van der Waals surface area contributed by atoms with Crippen molar-refractivity contribution in [3.05, 3.63) is 57.4 Å².